The van der Waals surface area contributed by atoms with Gasteiger partial charge in [-0.05, 0) is 83.9 Å². The molecule has 0 radical (unpaired) electrons. The molecule has 14 nitrogen and oxygen atoms in total. The standard InChI is InChI=1S/C39H51N7O7S/c1-8-10-11-12-13-15-28(43-37(51)53-38(5,6)7)35(48)46-22-25(20-29(46)33(47)45-39(36(49)50)21-24(39)9-2)52-34-31-26(18-19-54-31)42-32(44-34)27-16-14-17-30(41-27)40-23(3)4/h8-9,14,16-19,23-25,28-29H,1-2,10-13,15,20-22H2,3-7H3,(H,40,41)(H,43,51)(H,45,47)(H,49,50)/t24-,25-,28+,29-,39-/m1/s1. The van der Waals surface area contributed by atoms with Crippen molar-refractivity contribution in [2.75, 3.05) is 11.9 Å². The van der Waals surface area contributed by atoms with Crippen LogP contribution in [0.25, 0.3) is 21.7 Å². The molecular formula is C39H51N7O7S. The van der Waals surface area contributed by atoms with Crippen LogP contribution in [-0.4, -0.2) is 90.7 Å². The number of amides is 3. The molecule has 290 valence electrons. The lowest BCUT2D eigenvalue weighted by atomic mass is 10.0. The van der Waals surface area contributed by atoms with Crippen molar-refractivity contribution in [3.05, 3.63) is 55.0 Å². The number of aliphatic carboxylic acids is 1. The molecule has 0 unspecified atom stereocenters. The number of thiophene rings is 1. The number of fused-ring (bicyclic) bond motifs is 1. The minimum Gasteiger partial charge on any atom is -0.479 e. The number of rotatable bonds is 17. The molecule has 1 saturated heterocycles. The Morgan fingerprint density at radius 3 is 2.56 bits per heavy atom. The van der Waals surface area contributed by atoms with Crippen molar-refractivity contribution in [2.24, 2.45) is 5.92 Å². The number of ether oxygens (including phenoxy) is 2. The monoisotopic (exact) mass is 761 g/mol. The fraction of sp³-hybridized carbons (Fsp3) is 0.513. The third-order valence-electron chi connectivity index (χ3n) is 9.23. The van der Waals surface area contributed by atoms with Crippen LogP contribution in [0.4, 0.5) is 10.6 Å². The van der Waals surface area contributed by atoms with Crippen LogP contribution in [0.5, 0.6) is 5.88 Å². The van der Waals surface area contributed by atoms with Crippen molar-refractivity contribution < 1.29 is 33.8 Å². The van der Waals surface area contributed by atoms with Gasteiger partial charge in [-0.2, -0.15) is 4.98 Å². The topological polar surface area (TPSA) is 185 Å². The Morgan fingerprint density at radius 1 is 1.11 bits per heavy atom. The first-order valence-electron chi connectivity index (χ1n) is 18.4. The summed E-state index contributed by atoms with van der Waals surface area (Å²) in [7, 11) is 0. The maximum absolute atomic E-state index is 14.5. The molecule has 1 aliphatic heterocycles. The van der Waals surface area contributed by atoms with E-state index >= 15 is 0 Å². The average molecular weight is 762 g/mol. The van der Waals surface area contributed by atoms with Crippen LogP contribution >= 0.6 is 11.3 Å². The molecule has 3 amide bonds. The van der Waals surface area contributed by atoms with E-state index in [9.17, 15) is 24.3 Å². The average Bonchev–Trinajstić information content (AvgIpc) is 3.38. The molecule has 54 heavy (non-hydrogen) atoms. The lowest BCUT2D eigenvalue weighted by Gasteiger charge is -2.30. The molecule has 5 rings (SSSR count). The van der Waals surface area contributed by atoms with Gasteiger partial charge in [-0.3, -0.25) is 9.59 Å². The predicted octanol–water partition coefficient (Wildman–Crippen LogP) is 6.10. The van der Waals surface area contributed by atoms with Crippen LogP contribution in [0.3, 0.4) is 0 Å². The number of nitrogens with zero attached hydrogens (tertiary/aromatic N) is 4. The minimum absolute atomic E-state index is 0.0247. The zero-order valence-corrected chi connectivity index (χ0v) is 32.4. The van der Waals surface area contributed by atoms with Crippen LogP contribution in [0.2, 0.25) is 0 Å². The Hall–Kier alpha value is -5.05. The highest BCUT2D eigenvalue weighted by Gasteiger charge is 2.61. The van der Waals surface area contributed by atoms with E-state index in [0.717, 1.165) is 19.3 Å². The summed E-state index contributed by atoms with van der Waals surface area (Å²) in [5, 5.41) is 20.7. The molecule has 3 aromatic heterocycles. The van der Waals surface area contributed by atoms with E-state index < -0.39 is 59.1 Å². The summed E-state index contributed by atoms with van der Waals surface area (Å²) < 4.78 is 12.7. The molecule has 5 atom stereocenters. The second-order valence-corrected chi connectivity index (χ2v) is 16.0. The lowest BCUT2D eigenvalue weighted by molar-refractivity contribution is -0.145. The molecule has 2 aliphatic rings. The van der Waals surface area contributed by atoms with Gasteiger partial charge >= 0.3 is 12.1 Å². The summed E-state index contributed by atoms with van der Waals surface area (Å²) in [5.74, 6) is -1.48. The normalized spacial score (nSPS) is 21.3. The van der Waals surface area contributed by atoms with Gasteiger partial charge in [-0.25, -0.2) is 19.6 Å². The number of carbonyl (C=O) groups is 4. The van der Waals surface area contributed by atoms with E-state index in [4.69, 9.17) is 24.4 Å². The van der Waals surface area contributed by atoms with Gasteiger partial charge in [0, 0.05) is 18.4 Å². The van der Waals surface area contributed by atoms with Crippen LogP contribution in [0, 0.1) is 5.92 Å². The van der Waals surface area contributed by atoms with E-state index in [1.54, 1.807) is 26.8 Å². The first-order valence-corrected chi connectivity index (χ1v) is 19.3. The summed E-state index contributed by atoms with van der Waals surface area (Å²) in [6.07, 6.45) is 5.50. The van der Waals surface area contributed by atoms with Gasteiger partial charge in [-0.15, -0.1) is 24.5 Å². The number of likely N-dealkylation sites (tertiary alicyclic amines) is 1. The number of carboxylic acid groups (broad SMARTS) is 1. The number of carbonyl (C=O) groups excluding carboxylic acids is 3. The first kappa shape index (κ1) is 40.1. The van der Waals surface area contributed by atoms with Crippen molar-refractivity contribution >= 4 is 51.2 Å². The lowest BCUT2D eigenvalue weighted by Crippen LogP contribution is -2.56. The van der Waals surface area contributed by atoms with Gasteiger partial charge in [0.25, 0.3) is 0 Å². The molecule has 3 aromatic rings. The first-order chi connectivity index (χ1) is 25.6. The summed E-state index contributed by atoms with van der Waals surface area (Å²) >= 11 is 1.39. The Morgan fingerprint density at radius 2 is 1.89 bits per heavy atom. The largest absolute Gasteiger partial charge is 0.479 e. The van der Waals surface area contributed by atoms with E-state index in [-0.39, 0.29) is 31.3 Å². The molecule has 0 aromatic carbocycles. The van der Waals surface area contributed by atoms with E-state index in [1.807, 2.05) is 43.5 Å². The van der Waals surface area contributed by atoms with Crippen molar-refractivity contribution in [2.45, 2.75) is 115 Å². The van der Waals surface area contributed by atoms with Gasteiger partial charge in [0.15, 0.2) is 5.82 Å². The molecule has 2 fully saturated rings. The number of anilines is 1. The van der Waals surface area contributed by atoms with Crippen LogP contribution in [0.15, 0.2) is 55.0 Å². The second kappa shape index (κ2) is 17.0. The Labute approximate surface area is 319 Å². The molecule has 4 N–H and O–H groups in total. The number of alkyl carbamates (subject to hydrolysis) is 1. The van der Waals surface area contributed by atoms with Crippen LogP contribution < -0.4 is 20.7 Å². The summed E-state index contributed by atoms with van der Waals surface area (Å²) in [6.45, 7) is 16.7. The van der Waals surface area contributed by atoms with Gasteiger partial charge in [0.2, 0.25) is 17.7 Å². The Balaban J connectivity index is 1.45. The number of pyridine rings is 1. The van der Waals surface area contributed by atoms with Gasteiger partial charge in [0.05, 0.1) is 12.1 Å². The number of hydrogen-bond donors (Lipinski definition) is 4. The zero-order chi connectivity index (χ0) is 39.2. The van der Waals surface area contributed by atoms with Crippen molar-refractivity contribution in [3.8, 4) is 17.4 Å². The number of allylic oxidation sites excluding steroid dienone is 1. The van der Waals surface area contributed by atoms with E-state index in [1.165, 1.54) is 22.3 Å². The number of unbranched alkanes of at least 4 members (excludes halogenated alkanes) is 3. The van der Waals surface area contributed by atoms with Crippen molar-refractivity contribution in [1.82, 2.24) is 30.5 Å². The van der Waals surface area contributed by atoms with Crippen LogP contribution in [0.1, 0.15) is 79.6 Å². The predicted molar refractivity (Wildman–Crippen MR) is 207 cm³/mol. The maximum atomic E-state index is 14.5. The highest BCUT2D eigenvalue weighted by molar-refractivity contribution is 7.17. The molecule has 0 bridgehead atoms. The number of hydrogen-bond acceptors (Lipinski definition) is 11. The van der Waals surface area contributed by atoms with Gasteiger partial charge in [-0.1, -0.05) is 31.1 Å². The second-order valence-electron chi connectivity index (χ2n) is 15.1. The Bertz CT molecular complexity index is 1870. The summed E-state index contributed by atoms with van der Waals surface area (Å²) in [6, 6.07) is 5.43. The Kier molecular flexibility index (Phi) is 12.6. The highest BCUT2D eigenvalue weighted by Crippen LogP contribution is 2.45. The number of nitrogens with one attached hydrogen (secondary N) is 3. The SMILES string of the molecule is C=CCCCCC[C@H](NC(=O)OC(C)(C)C)C(=O)N1C[C@H](Oc2nc(-c3cccc(NC(C)C)n3)nc3ccsc23)C[C@@H]1C(=O)N[C@]1(C(=O)O)C[C@H]1C=C. The van der Waals surface area contributed by atoms with Crippen molar-refractivity contribution in [1.29, 1.82) is 0 Å². The minimum atomic E-state index is -1.51. The third-order valence-corrected chi connectivity index (χ3v) is 10.1. The van der Waals surface area contributed by atoms with E-state index in [2.05, 4.69) is 29.1 Å². The molecule has 1 aliphatic carbocycles. The number of carboxylic acids is 1. The third kappa shape index (κ3) is 9.73. The molecule has 0 spiro atoms. The highest BCUT2D eigenvalue weighted by atomic mass is 32.1. The smallest absolute Gasteiger partial charge is 0.408 e. The molecule has 1 saturated carbocycles. The summed E-state index contributed by atoms with van der Waals surface area (Å²) in [4.78, 5) is 69.4. The molecular weight excluding hydrogens is 711 g/mol. The fourth-order valence-corrected chi connectivity index (χ4v) is 7.30. The quantitative estimate of drug-likeness (QED) is 0.0921. The zero-order valence-electron chi connectivity index (χ0n) is 31.6. The van der Waals surface area contributed by atoms with Gasteiger partial charge < -0.3 is 35.4 Å². The summed E-state index contributed by atoms with van der Waals surface area (Å²) in [5.41, 5.74) is -1.14. The molecule has 15 heteroatoms. The number of aromatic nitrogens is 3. The van der Waals surface area contributed by atoms with Crippen LogP contribution in [-0.2, 0) is 19.1 Å². The maximum Gasteiger partial charge on any atom is 0.408 e. The fourth-order valence-electron chi connectivity index (χ4n) is 6.54. The molecule has 4 heterocycles. The van der Waals surface area contributed by atoms with Gasteiger partial charge in [0.1, 0.15) is 45.5 Å². The van der Waals surface area contributed by atoms with Crippen molar-refractivity contribution in [3.63, 3.8) is 0 Å². The van der Waals surface area contributed by atoms with E-state index in [0.29, 0.717) is 40.4 Å².